The Morgan fingerprint density at radius 1 is 1.60 bits per heavy atom. The zero-order chi connectivity index (χ0) is 12.1. The van der Waals surface area contributed by atoms with Crippen LogP contribution in [0, 0.1) is 11.3 Å². The Morgan fingerprint density at radius 2 is 2.13 bits per heavy atom. The average Bonchev–Trinajstić information content (AvgIpc) is 2.12. The number of ether oxygens (including phenoxy) is 1. The minimum atomic E-state index is -4.01. The number of hydrogen-bond acceptors (Lipinski definition) is 5. The molecule has 0 unspecified atom stereocenters. The summed E-state index contributed by atoms with van der Waals surface area (Å²) in [4.78, 5) is 10.7. The van der Waals surface area contributed by atoms with E-state index in [9.17, 15) is 13.2 Å². The molecule has 0 aromatic heterocycles. The SMILES string of the molecule is COC(=O)NS(=O)(=O)N(CC#N)C(C)C. The van der Waals surface area contributed by atoms with Crippen molar-refractivity contribution in [1.29, 1.82) is 5.26 Å². The van der Waals surface area contributed by atoms with E-state index in [2.05, 4.69) is 4.74 Å². The fraction of sp³-hybridized carbons (Fsp3) is 0.714. The Bertz CT molecular complexity index is 357. The van der Waals surface area contributed by atoms with Crippen molar-refractivity contribution in [3.63, 3.8) is 0 Å². The number of nitrogens with one attached hydrogen (secondary N) is 1. The highest BCUT2D eigenvalue weighted by molar-refractivity contribution is 7.87. The van der Waals surface area contributed by atoms with Gasteiger partial charge in [-0.05, 0) is 13.8 Å². The summed E-state index contributed by atoms with van der Waals surface area (Å²) in [6, 6.07) is 1.28. The summed E-state index contributed by atoms with van der Waals surface area (Å²) in [7, 11) is -2.96. The predicted octanol–water partition coefficient (Wildman–Crippen LogP) is -0.179. The van der Waals surface area contributed by atoms with Crippen LogP contribution in [0.5, 0.6) is 0 Å². The van der Waals surface area contributed by atoms with E-state index in [1.807, 2.05) is 0 Å². The molecule has 0 heterocycles. The zero-order valence-electron chi connectivity index (χ0n) is 8.72. The van der Waals surface area contributed by atoms with Crippen molar-refractivity contribution in [2.24, 2.45) is 0 Å². The lowest BCUT2D eigenvalue weighted by atomic mass is 10.4. The third-order valence-corrected chi connectivity index (χ3v) is 3.10. The van der Waals surface area contributed by atoms with Crippen molar-refractivity contribution in [2.75, 3.05) is 13.7 Å². The molecule has 7 nitrogen and oxygen atoms in total. The molecule has 0 aromatic carbocycles. The molecule has 0 radical (unpaired) electrons. The van der Waals surface area contributed by atoms with Gasteiger partial charge in [0.1, 0.15) is 6.54 Å². The van der Waals surface area contributed by atoms with Crippen LogP contribution in [-0.2, 0) is 14.9 Å². The second-order valence-electron chi connectivity index (χ2n) is 2.90. The lowest BCUT2D eigenvalue weighted by molar-refractivity contribution is 0.176. The van der Waals surface area contributed by atoms with Crippen molar-refractivity contribution in [2.45, 2.75) is 19.9 Å². The molecular weight excluding hydrogens is 222 g/mol. The average molecular weight is 235 g/mol. The Kier molecular flexibility index (Phi) is 5.04. The molecule has 15 heavy (non-hydrogen) atoms. The van der Waals surface area contributed by atoms with Crippen molar-refractivity contribution in [1.82, 2.24) is 9.03 Å². The minimum absolute atomic E-state index is 0.329. The van der Waals surface area contributed by atoms with Crippen LogP contribution in [0.1, 0.15) is 13.8 Å². The van der Waals surface area contributed by atoms with Crippen molar-refractivity contribution < 1.29 is 17.9 Å². The monoisotopic (exact) mass is 235 g/mol. The standard InChI is InChI=1S/C7H13N3O4S/c1-6(2)10(5-4-8)15(12,13)9-7(11)14-3/h6H,5H2,1-3H3,(H,9,11). The molecule has 0 atom stereocenters. The Labute approximate surface area is 88.8 Å². The van der Waals surface area contributed by atoms with E-state index in [-0.39, 0.29) is 6.54 Å². The maximum Gasteiger partial charge on any atom is 0.421 e. The van der Waals surface area contributed by atoms with Gasteiger partial charge in [0.05, 0.1) is 13.2 Å². The zero-order valence-corrected chi connectivity index (χ0v) is 9.54. The summed E-state index contributed by atoms with van der Waals surface area (Å²) >= 11 is 0. The molecule has 0 saturated carbocycles. The van der Waals surface area contributed by atoms with Crippen LogP contribution in [0.3, 0.4) is 0 Å². The smallest absolute Gasteiger partial charge is 0.421 e. The lowest BCUT2D eigenvalue weighted by Gasteiger charge is -2.22. The first-order chi connectivity index (χ1) is 6.85. The summed E-state index contributed by atoms with van der Waals surface area (Å²) in [6.45, 7) is 2.85. The lowest BCUT2D eigenvalue weighted by Crippen LogP contribution is -2.46. The maximum atomic E-state index is 11.5. The van der Waals surface area contributed by atoms with Gasteiger partial charge in [0.15, 0.2) is 0 Å². The first-order valence-electron chi connectivity index (χ1n) is 4.09. The number of carbonyl (C=O) groups excluding carboxylic acids is 1. The van der Waals surface area contributed by atoms with Gasteiger partial charge in [-0.25, -0.2) is 9.52 Å². The molecule has 0 saturated heterocycles. The molecule has 1 N–H and O–H groups in total. The number of hydrogen-bond donors (Lipinski definition) is 1. The summed E-state index contributed by atoms with van der Waals surface area (Å²) in [5.74, 6) is 0. The molecule has 0 aliphatic rings. The van der Waals surface area contributed by atoms with E-state index in [0.29, 0.717) is 0 Å². The fourth-order valence-corrected chi connectivity index (χ4v) is 2.01. The van der Waals surface area contributed by atoms with Crippen LogP contribution in [0.2, 0.25) is 0 Å². The largest absolute Gasteiger partial charge is 0.452 e. The third-order valence-electron chi connectivity index (χ3n) is 1.51. The first kappa shape index (κ1) is 13.7. The number of carbonyl (C=O) groups is 1. The van der Waals surface area contributed by atoms with Gasteiger partial charge in [-0.15, -0.1) is 0 Å². The second-order valence-corrected chi connectivity index (χ2v) is 4.52. The molecular formula is C7H13N3O4S. The highest BCUT2D eigenvalue weighted by atomic mass is 32.2. The van der Waals surface area contributed by atoms with Gasteiger partial charge >= 0.3 is 16.3 Å². The molecule has 0 spiro atoms. The molecule has 8 heteroatoms. The summed E-state index contributed by atoms with van der Waals surface area (Å²) < 4.78 is 29.7. The fourth-order valence-electron chi connectivity index (χ4n) is 0.820. The van der Waals surface area contributed by atoms with Crippen molar-refractivity contribution in [3.8, 4) is 6.07 Å². The van der Waals surface area contributed by atoms with Gasteiger partial charge < -0.3 is 4.74 Å². The van der Waals surface area contributed by atoms with E-state index in [1.165, 1.54) is 0 Å². The van der Waals surface area contributed by atoms with Crippen molar-refractivity contribution in [3.05, 3.63) is 0 Å². The Balaban J connectivity index is 4.82. The quantitative estimate of drug-likeness (QED) is 0.681. The predicted molar refractivity (Wildman–Crippen MR) is 51.9 cm³/mol. The number of nitriles is 1. The molecule has 1 amide bonds. The van der Waals surface area contributed by atoms with E-state index < -0.39 is 22.3 Å². The maximum absolute atomic E-state index is 11.5. The van der Waals surface area contributed by atoms with E-state index >= 15 is 0 Å². The first-order valence-corrected chi connectivity index (χ1v) is 5.53. The van der Waals surface area contributed by atoms with Crippen molar-refractivity contribution >= 4 is 16.3 Å². The van der Waals surface area contributed by atoms with Crippen LogP contribution >= 0.6 is 0 Å². The van der Waals surface area contributed by atoms with Crippen LogP contribution in [0.25, 0.3) is 0 Å². The Morgan fingerprint density at radius 3 is 2.47 bits per heavy atom. The summed E-state index contributed by atoms with van der Waals surface area (Å²) in [6.07, 6.45) is -1.08. The minimum Gasteiger partial charge on any atom is -0.452 e. The van der Waals surface area contributed by atoms with Gasteiger partial charge in [0, 0.05) is 6.04 Å². The Hall–Kier alpha value is -1.33. The summed E-state index contributed by atoms with van der Waals surface area (Å²) in [5.41, 5.74) is 0. The number of rotatable bonds is 4. The molecule has 0 aromatic rings. The molecule has 0 fully saturated rings. The topological polar surface area (TPSA) is 99.5 Å². The highest BCUT2D eigenvalue weighted by Gasteiger charge is 2.26. The van der Waals surface area contributed by atoms with Crippen LogP contribution in [-0.4, -0.2) is 38.5 Å². The molecule has 86 valence electrons. The van der Waals surface area contributed by atoms with Gasteiger partial charge in [0.25, 0.3) is 0 Å². The van der Waals surface area contributed by atoms with Gasteiger partial charge in [-0.3, -0.25) is 0 Å². The van der Waals surface area contributed by atoms with Crippen LogP contribution in [0.15, 0.2) is 0 Å². The van der Waals surface area contributed by atoms with Crippen LogP contribution in [0.4, 0.5) is 4.79 Å². The van der Waals surface area contributed by atoms with E-state index in [4.69, 9.17) is 5.26 Å². The molecule has 0 aliphatic carbocycles. The van der Waals surface area contributed by atoms with Gasteiger partial charge in [0.2, 0.25) is 0 Å². The van der Waals surface area contributed by atoms with Crippen LogP contribution < -0.4 is 4.72 Å². The normalized spacial score (nSPS) is 11.2. The molecule has 0 rings (SSSR count). The highest BCUT2D eigenvalue weighted by Crippen LogP contribution is 2.03. The second kappa shape index (κ2) is 5.53. The molecule has 0 aliphatic heterocycles. The summed E-state index contributed by atoms with van der Waals surface area (Å²) in [5, 5.41) is 8.44. The molecule has 0 bridgehead atoms. The number of nitrogens with zero attached hydrogens (tertiary/aromatic N) is 2. The van der Waals surface area contributed by atoms with Gasteiger partial charge in [-0.2, -0.15) is 18.0 Å². The van der Waals surface area contributed by atoms with E-state index in [1.54, 1.807) is 24.6 Å². The number of methoxy groups -OCH3 is 1. The third kappa shape index (κ3) is 4.14. The number of amides is 1. The van der Waals surface area contributed by atoms with Gasteiger partial charge in [-0.1, -0.05) is 0 Å². The van der Waals surface area contributed by atoms with E-state index in [0.717, 1.165) is 11.4 Å².